The summed E-state index contributed by atoms with van der Waals surface area (Å²) in [5.41, 5.74) is 0.559. The fraction of sp³-hybridized carbons (Fsp3) is 0.619. The molecule has 1 aliphatic rings. The van der Waals surface area contributed by atoms with E-state index in [0.29, 0.717) is 29.5 Å². The smallest absolute Gasteiger partial charge is 0.226 e. The summed E-state index contributed by atoms with van der Waals surface area (Å²) in [6.45, 7) is 2.01. The third-order valence-electron chi connectivity index (χ3n) is 5.20. The summed E-state index contributed by atoms with van der Waals surface area (Å²) >= 11 is 0. The van der Waals surface area contributed by atoms with Crippen LogP contribution in [0.5, 0.6) is 17.2 Å². The number of nitrogens with one attached hydrogen (secondary N) is 1. The number of hydrogen-bond acceptors (Lipinski definition) is 5. The van der Waals surface area contributed by atoms with Gasteiger partial charge in [-0.25, -0.2) is 0 Å². The SMILES string of the molecule is COc1cc(NC(=O)CCN(C(C)=O)C2CCCCCC2)cc(OC)c1OC. The molecule has 2 amide bonds. The highest BCUT2D eigenvalue weighted by molar-refractivity contribution is 5.92. The highest BCUT2D eigenvalue weighted by atomic mass is 16.5. The Balaban J connectivity index is 2.01. The second-order valence-electron chi connectivity index (χ2n) is 7.07. The van der Waals surface area contributed by atoms with Gasteiger partial charge in [0.25, 0.3) is 0 Å². The zero-order valence-corrected chi connectivity index (χ0v) is 17.4. The van der Waals surface area contributed by atoms with Gasteiger partial charge in [-0.15, -0.1) is 0 Å². The molecule has 1 fully saturated rings. The van der Waals surface area contributed by atoms with Crippen LogP contribution < -0.4 is 19.5 Å². The largest absolute Gasteiger partial charge is 0.493 e. The number of methoxy groups -OCH3 is 3. The van der Waals surface area contributed by atoms with E-state index in [1.165, 1.54) is 34.2 Å². The number of rotatable bonds is 8. The molecule has 1 aromatic rings. The third-order valence-corrected chi connectivity index (χ3v) is 5.20. The van der Waals surface area contributed by atoms with Crippen LogP contribution in [0.3, 0.4) is 0 Å². The molecule has 7 nitrogen and oxygen atoms in total. The van der Waals surface area contributed by atoms with E-state index < -0.39 is 0 Å². The van der Waals surface area contributed by atoms with Crippen molar-refractivity contribution in [2.75, 3.05) is 33.2 Å². The van der Waals surface area contributed by atoms with E-state index in [-0.39, 0.29) is 24.3 Å². The molecule has 0 bridgehead atoms. The molecule has 1 saturated carbocycles. The summed E-state index contributed by atoms with van der Waals surface area (Å²) in [5, 5.41) is 2.86. The molecule has 28 heavy (non-hydrogen) atoms. The first-order chi connectivity index (χ1) is 13.5. The Morgan fingerprint density at radius 1 is 1.00 bits per heavy atom. The lowest BCUT2D eigenvalue weighted by atomic mass is 10.1. The first kappa shape index (κ1) is 21.9. The van der Waals surface area contributed by atoms with Gasteiger partial charge in [0.05, 0.1) is 21.3 Å². The standard InChI is InChI=1S/C21H32N2O5/c1-15(24)23(17-9-7-5-6-8-10-17)12-11-20(25)22-16-13-18(26-2)21(28-4)19(14-16)27-3/h13-14,17H,5-12H2,1-4H3,(H,22,25). The van der Waals surface area contributed by atoms with Gasteiger partial charge in [-0.05, 0) is 12.8 Å². The van der Waals surface area contributed by atoms with Gasteiger partial charge in [0.2, 0.25) is 17.6 Å². The number of hydrogen-bond donors (Lipinski definition) is 1. The molecule has 7 heteroatoms. The maximum absolute atomic E-state index is 12.5. The molecule has 0 saturated heterocycles. The molecule has 1 N–H and O–H groups in total. The van der Waals surface area contributed by atoms with Crippen molar-refractivity contribution in [2.24, 2.45) is 0 Å². The molecular weight excluding hydrogens is 360 g/mol. The topological polar surface area (TPSA) is 77.1 Å². The maximum atomic E-state index is 12.5. The average Bonchev–Trinajstić information content (AvgIpc) is 2.96. The van der Waals surface area contributed by atoms with E-state index in [1.54, 1.807) is 19.1 Å². The number of benzene rings is 1. The van der Waals surface area contributed by atoms with Crippen LogP contribution in [0.1, 0.15) is 51.9 Å². The Hall–Kier alpha value is -2.44. The quantitative estimate of drug-likeness (QED) is 0.684. The van der Waals surface area contributed by atoms with Crippen LogP contribution in [-0.4, -0.2) is 50.6 Å². The number of carbonyl (C=O) groups is 2. The number of carbonyl (C=O) groups excluding carboxylic acids is 2. The highest BCUT2D eigenvalue weighted by Gasteiger charge is 2.23. The Kier molecular flexibility index (Phi) is 8.42. The van der Waals surface area contributed by atoms with Gasteiger partial charge in [0, 0.05) is 43.8 Å². The van der Waals surface area contributed by atoms with Crippen LogP contribution in [0.25, 0.3) is 0 Å². The van der Waals surface area contributed by atoms with Crippen molar-refractivity contribution in [1.82, 2.24) is 4.90 Å². The molecule has 0 aromatic heterocycles. The Labute approximate surface area is 167 Å². The first-order valence-electron chi connectivity index (χ1n) is 9.87. The van der Waals surface area contributed by atoms with Crippen molar-refractivity contribution in [3.63, 3.8) is 0 Å². The molecule has 0 heterocycles. The number of nitrogens with zero attached hydrogens (tertiary/aromatic N) is 1. The van der Waals surface area contributed by atoms with Gasteiger partial charge in [0.1, 0.15) is 0 Å². The van der Waals surface area contributed by atoms with Gasteiger partial charge in [-0.2, -0.15) is 0 Å². The summed E-state index contributed by atoms with van der Waals surface area (Å²) in [7, 11) is 4.59. The fourth-order valence-corrected chi connectivity index (χ4v) is 3.77. The lowest BCUT2D eigenvalue weighted by Crippen LogP contribution is -2.40. The summed E-state index contributed by atoms with van der Waals surface area (Å²) in [5.74, 6) is 1.29. The van der Waals surface area contributed by atoms with Crippen molar-refractivity contribution in [3.05, 3.63) is 12.1 Å². The van der Waals surface area contributed by atoms with Gasteiger partial charge in [0.15, 0.2) is 11.5 Å². The third kappa shape index (κ3) is 5.78. The summed E-state index contributed by atoms with van der Waals surface area (Å²) < 4.78 is 15.9. The minimum atomic E-state index is -0.158. The summed E-state index contributed by atoms with van der Waals surface area (Å²) in [4.78, 5) is 26.5. The second-order valence-corrected chi connectivity index (χ2v) is 7.07. The van der Waals surface area contributed by atoms with Crippen molar-refractivity contribution < 1.29 is 23.8 Å². The molecule has 1 aliphatic carbocycles. The lowest BCUT2D eigenvalue weighted by Gasteiger charge is -2.30. The Morgan fingerprint density at radius 2 is 1.57 bits per heavy atom. The number of ether oxygens (including phenoxy) is 3. The minimum absolute atomic E-state index is 0.0347. The molecule has 1 aromatic carbocycles. The zero-order valence-electron chi connectivity index (χ0n) is 17.4. The number of anilines is 1. The second kappa shape index (κ2) is 10.8. The van der Waals surface area contributed by atoms with Crippen molar-refractivity contribution in [3.8, 4) is 17.2 Å². The molecule has 0 aliphatic heterocycles. The monoisotopic (exact) mass is 392 g/mol. The van der Waals surface area contributed by atoms with E-state index >= 15 is 0 Å². The minimum Gasteiger partial charge on any atom is -0.493 e. The maximum Gasteiger partial charge on any atom is 0.226 e. The molecular formula is C21H32N2O5. The molecule has 2 rings (SSSR count). The predicted molar refractivity (Wildman–Crippen MR) is 108 cm³/mol. The first-order valence-corrected chi connectivity index (χ1v) is 9.87. The normalized spacial score (nSPS) is 14.7. The molecule has 156 valence electrons. The Bertz CT molecular complexity index is 644. The van der Waals surface area contributed by atoms with Crippen LogP contribution in [-0.2, 0) is 9.59 Å². The lowest BCUT2D eigenvalue weighted by molar-refractivity contribution is -0.131. The molecule has 0 unspecified atom stereocenters. The van der Waals surface area contributed by atoms with Crippen LogP contribution in [0, 0.1) is 0 Å². The van der Waals surface area contributed by atoms with Gasteiger partial charge in [-0.1, -0.05) is 25.7 Å². The van der Waals surface area contributed by atoms with Crippen LogP contribution in [0.15, 0.2) is 12.1 Å². The van der Waals surface area contributed by atoms with Crippen molar-refractivity contribution in [1.29, 1.82) is 0 Å². The van der Waals surface area contributed by atoms with Crippen molar-refractivity contribution in [2.45, 2.75) is 57.9 Å². The van der Waals surface area contributed by atoms with E-state index in [2.05, 4.69) is 5.32 Å². The van der Waals surface area contributed by atoms with E-state index in [0.717, 1.165) is 25.7 Å². The van der Waals surface area contributed by atoms with Crippen molar-refractivity contribution >= 4 is 17.5 Å². The molecule has 0 spiro atoms. The number of amides is 2. The average molecular weight is 392 g/mol. The summed E-state index contributed by atoms with van der Waals surface area (Å²) in [6, 6.07) is 3.62. The summed E-state index contributed by atoms with van der Waals surface area (Å²) in [6.07, 6.45) is 7.03. The van der Waals surface area contributed by atoms with Crippen LogP contribution in [0.4, 0.5) is 5.69 Å². The van der Waals surface area contributed by atoms with Gasteiger partial charge in [-0.3, -0.25) is 9.59 Å². The molecule has 0 radical (unpaired) electrons. The van der Waals surface area contributed by atoms with E-state index in [1.807, 2.05) is 4.90 Å². The Morgan fingerprint density at radius 3 is 2.04 bits per heavy atom. The highest BCUT2D eigenvalue weighted by Crippen LogP contribution is 2.39. The van der Waals surface area contributed by atoms with Crippen LogP contribution in [0.2, 0.25) is 0 Å². The zero-order chi connectivity index (χ0) is 20.5. The predicted octanol–water partition coefficient (Wildman–Crippen LogP) is 3.61. The van der Waals surface area contributed by atoms with E-state index in [9.17, 15) is 9.59 Å². The van der Waals surface area contributed by atoms with Gasteiger partial charge >= 0.3 is 0 Å². The van der Waals surface area contributed by atoms with Gasteiger partial charge < -0.3 is 24.4 Å². The fourth-order valence-electron chi connectivity index (χ4n) is 3.77. The van der Waals surface area contributed by atoms with E-state index in [4.69, 9.17) is 14.2 Å². The molecule has 0 atom stereocenters. The van der Waals surface area contributed by atoms with Crippen LogP contribution >= 0.6 is 0 Å².